The lowest BCUT2D eigenvalue weighted by Crippen LogP contribution is -2.17. The number of carbonyl (C=O) groups excluding carboxylic acids is 1. The van der Waals surface area contributed by atoms with E-state index in [4.69, 9.17) is 21.1 Å². The first kappa shape index (κ1) is 21.8. The van der Waals surface area contributed by atoms with Crippen LogP contribution < -0.4 is 14.9 Å². The number of aryl methyl sites for hydroxylation is 2. The fraction of sp³-hybridized carbons (Fsp3) is 0.227. The molecule has 30 heavy (non-hydrogen) atoms. The first-order chi connectivity index (χ1) is 14.5. The van der Waals surface area contributed by atoms with E-state index in [0.29, 0.717) is 40.3 Å². The highest BCUT2D eigenvalue weighted by atomic mass is 35.5. The minimum absolute atomic E-state index is 0.279. The highest BCUT2D eigenvalue weighted by molar-refractivity contribution is 7.13. The monoisotopic (exact) mass is 443 g/mol. The number of amides is 1. The van der Waals surface area contributed by atoms with Gasteiger partial charge in [0.1, 0.15) is 11.5 Å². The molecular weight excluding hydrogens is 422 g/mol. The molecule has 0 spiro atoms. The Labute approximate surface area is 184 Å². The molecule has 2 aromatic carbocycles. The van der Waals surface area contributed by atoms with Gasteiger partial charge in [0.25, 0.3) is 5.91 Å². The van der Waals surface area contributed by atoms with E-state index >= 15 is 0 Å². The van der Waals surface area contributed by atoms with E-state index in [2.05, 4.69) is 15.5 Å². The first-order valence-corrected chi connectivity index (χ1v) is 10.6. The molecule has 1 aromatic heterocycles. The summed E-state index contributed by atoms with van der Waals surface area (Å²) in [5.41, 5.74) is 4.89. The summed E-state index contributed by atoms with van der Waals surface area (Å²) in [6.07, 6.45) is 1.56. The number of hydrazone groups is 1. The van der Waals surface area contributed by atoms with Crippen molar-refractivity contribution in [2.24, 2.45) is 5.10 Å². The number of nitrogens with zero attached hydrogens (tertiary/aromatic N) is 2. The van der Waals surface area contributed by atoms with Crippen LogP contribution in [0.5, 0.6) is 11.5 Å². The predicted molar refractivity (Wildman–Crippen MR) is 120 cm³/mol. The van der Waals surface area contributed by atoms with Gasteiger partial charge >= 0.3 is 0 Å². The molecule has 156 valence electrons. The second-order valence-electron chi connectivity index (χ2n) is 6.37. The molecule has 0 fully saturated rings. The normalized spacial score (nSPS) is 10.9. The Hall–Kier alpha value is -2.90. The zero-order valence-corrected chi connectivity index (χ0v) is 18.5. The van der Waals surface area contributed by atoms with Crippen LogP contribution in [0, 0.1) is 13.8 Å². The number of hydrogen-bond donors (Lipinski definition) is 1. The molecule has 0 bridgehead atoms. The van der Waals surface area contributed by atoms with Gasteiger partial charge in [0.2, 0.25) is 0 Å². The lowest BCUT2D eigenvalue weighted by molar-refractivity contribution is 0.0958. The second-order valence-corrected chi connectivity index (χ2v) is 7.98. The highest BCUT2D eigenvalue weighted by Gasteiger charge is 2.13. The molecule has 0 aliphatic rings. The van der Waals surface area contributed by atoms with Crippen molar-refractivity contribution in [1.82, 2.24) is 10.4 Å². The topological polar surface area (TPSA) is 72.8 Å². The van der Waals surface area contributed by atoms with Crippen molar-refractivity contribution in [2.75, 3.05) is 6.61 Å². The van der Waals surface area contributed by atoms with E-state index in [-0.39, 0.29) is 5.91 Å². The van der Waals surface area contributed by atoms with E-state index in [1.165, 1.54) is 11.3 Å². The van der Waals surface area contributed by atoms with Gasteiger partial charge in [0, 0.05) is 10.6 Å². The smallest absolute Gasteiger partial charge is 0.283 e. The Morgan fingerprint density at radius 2 is 2.00 bits per heavy atom. The van der Waals surface area contributed by atoms with E-state index in [1.807, 2.05) is 56.3 Å². The maximum absolute atomic E-state index is 12.2. The van der Waals surface area contributed by atoms with E-state index < -0.39 is 0 Å². The van der Waals surface area contributed by atoms with Gasteiger partial charge in [-0.1, -0.05) is 29.8 Å². The first-order valence-electron chi connectivity index (χ1n) is 9.38. The van der Waals surface area contributed by atoms with Gasteiger partial charge in [0.15, 0.2) is 11.5 Å². The van der Waals surface area contributed by atoms with Gasteiger partial charge in [-0.05, 0) is 50.6 Å². The lowest BCUT2D eigenvalue weighted by Gasteiger charge is -2.13. The molecule has 0 saturated heterocycles. The third kappa shape index (κ3) is 5.58. The molecule has 3 aromatic rings. The van der Waals surface area contributed by atoms with Crippen molar-refractivity contribution < 1.29 is 14.3 Å². The summed E-state index contributed by atoms with van der Waals surface area (Å²) in [6.45, 7) is 6.39. The summed E-state index contributed by atoms with van der Waals surface area (Å²) in [6, 6.07) is 13.0. The predicted octanol–water partition coefficient (Wildman–Crippen LogP) is 5.15. The molecule has 8 heteroatoms. The Balaban J connectivity index is 1.68. The molecule has 1 heterocycles. The number of ether oxygens (including phenoxy) is 2. The summed E-state index contributed by atoms with van der Waals surface area (Å²) >= 11 is 7.53. The SMILES string of the molecule is CCOc1cc(/C=N/NC(=O)c2sc(C)nc2C)ccc1OCc1ccccc1Cl. The number of rotatable bonds is 8. The number of carbonyl (C=O) groups is 1. The van der Waals surface area contributed by atoms with E-state index in [0.717, 1.165) is 16.1 Å². The Bertz CT molecular complexity index is 1070. The third-order valence-corrected chi connectivity index (χ3v) is 5.54. The maximum Gasteiger partial charge on any atom is 0.283 e. The van der Waals surface area contributed by atoms with Gasteiger partial charge in [-0.15, -0.1) is 11.3 Å². The van der Waals surface area contributed by atoms with Crippen molar-refractivity contribution in [3.8, 4) is 11.5 Å². The minimum atomic E-state index is -0.279. The standard InChI is InChI=1S/C22H22ClN3O3S/c1-4-28-20-11-16(12-24-26-22(27)21-14(2)25-15(3)30-21)9-10-19(20)29-13-17-7-5-6-8-18(17)23/h5-12H,4,13H2,1-3H3,(H,26,27)/b24-12+. The van der Waals surface area contributed by atoms with Gasteiger partial charge in [-0.25, -0.2) is 10.4 Å². The summed E-state index contributed by atoms with van der Waals surface area (Å²) in [5, 5.41) is 5.54. The Morgan fingerprint density at radius 3 is 2.70 bits per heavy atom. The average Bonchev–Trinajstić information content (AvgIpc) is 3.07. The third-order valence-electron chi connectivity index (χ3n) is 4.10. The number of aromatic nitrogens is 1. The molecule has 1 amide bonds. The van der Waals surface area contributed by atoms with Crippen LogP contribution in [0.15, 0.2) is 47.6 Å². The molecule has 0 aliphatic carbocycles. The van der Waals surface area contributed by atoms with Crippen LogP contribution in [0.2, 0.25) is 5.02 Å². The lowest BCUT2D eigenvalue weighted by atomic mass is 10.2. The van der Waals surface area contributed by atoms with Crippen molar-refractivity contribution in [3.05, 3.63) is 74.2 Å². The number of nitrogens with one attached hydrogen (secondary N) is 1. The van der Waals surface area contributed by atoms with Crippen LogP contribution in [0.25, 0.3) is 0 Å². The molecule has 0 aliphatic heterocycles. The molecule has 0 unspecified atom stereocenters. The summed E-state index contributed by atoms with van der Waals surface area (Å²) < 4.78 is 11.6. The maximum atomic E-state index is 12.2. The van der Waals surface area contributed by atoms with Crippen LogP contribution in [-0.4, -0.2) is 23.7 Å². The van der Waals surface area contributed by atoms with Gasteiger partial charge in [-0.2, -0.15) is 5.10 Å². The van der Waals surface area contributed by atoms with Crippen molar-refractivity contribution in [2.45, 2.75) is 27.4 Å². The Morgan fingerprint density at radius 1 is 1.20 bits per heavy atom. The summed E-state index contributed by atoms with van der Waals surface area (Å²) in [7, 11) is 0. The molecular formula is C22H22ClN3O3S. The average molecular weight is 444 g/mol. The van der Waals surface area contributed by atoms with E-state index in [9.17, 15) is 4.79 Å². The van der Waals surface area contributed by atoms with Crippen molar-refractivity contribution >= 4 is 35.1 Å². The van der Waals surface area contributed by atoms with E-state index in [1.54, 1.807) is 13.1 Å². The fourth-order valence-electron chi connectivity index (χ4n) is 2.72. The number of halogens is 1. The zero-order valence-electron chi connectivity index (χ0n) is 16.9. The number of benzene rings is 2. The van der Waals surface area contributed by atoms with Crippen LogP contribution in [0.3, 0.4) is 0 Å². The summed E-state index contributed by atoms with van der Waals surface area (Å²) in [4.78, 5) is 17.0. The molecule has 1 N–H and O–H groups in total. The van der Waals surface area contributed by atoms with Crippen LogP contribution >= 0.6 is 22.9 Å². The van der Waals surface area contributed by atoms with Crippen molar-refractivity contribution in [1.29, 1.82) is 0 Å². The highest BCUT2D eigenvalue weighted by Crippen LogP contribution is 2.29. The molecule has 3 rings (SSSR count). The fourth-order valence-corrected chi connectivity index (χ4v) is 3.72. The summed E-state index contributed by atoms with van der Waals surface area (Å²) in [5.74, 6) is 0.918. The van der Waals surface area contributed by atoms with Gasteiger partial charge in [-0.3, -0.25) is 4.79 Å². The quantitative estimate of drug-likeness (QED) is 0.385. The van der Waals surface area contributed by atoms with Crippen LogP contribution in [-0.2, 0) is 6.61 Å². The minimum Gasteiger partial charge on any atom is -0.490 e. The zero-order chi connectivity index (χ0) is 21.5. The molecule has 0 saturated carbocycles. The van der Waals surface area contributed by atoms with Crippen molar-refractivity contribution in [3.63, 3.8) is 0 Å². The number of thiazole rings is 1. The Kier molecular flexibility index (Phi) is 7.43. The van der Waals surface area contributed by atoms with Gasteiger partial charge < -0.3 is 9.47 Å². The van der Waals surface area contributed by atoms with Gasteiger partial charge in [0.05, 0.1) is 23.5 Å². The number of hydrogen-bond acceptors (Lipinski definition) is 6. The largest absolute Gasteiger partial charge is 0.490 e. The molecule has 0 radical (unpaired) electrons. The molecule has 6 nitrogen and oxygen atoms in total. The van der Waals surface area contributed by atoms with Crippen LogP contribution in [0.1, 0.15) is 38.4 Å². The molecule has 0 atom stereocenters. The van der Waals surface area contributed by atoms with Crippen LogP contribution in [0.4, 0.5) is 0 Å². The second kappa shape index (κ2) is 10.2.